The Morgan fingerprint density at radius 2 is 2.17 bits per heavy atom. The van der Waals surface area contributed by atoms with E-state index in [9.17, 15) is 0 Å². The number of rotatable bonds is 5. The molecule has 0 aliphatic carbocycles. The van der Waals surface area contributed by atoms with Gasteiger partial charge in [-0.15, -0.1) is 0 Å². The quantitative estimate of drug-likeness (QED) is 0.481. The number of hydrogen-bond donors (Lipinski definition) is 2. The highest BCUT2D eigenvalue weighted by atomic mass is 32.1. The summed E-state index contributed by atoms with van der Waals surface area (Å²) in [7, 11) is 3.22. The highest BCUT2D eigenvalue weighted by Crippen LogP contribution is 2.22. The lowest BCUT2D eigenvalue weighted by Gasteiger charge is -2.07. The molecule has 0 fully saturated rings. The van der Waals surface area contributed by atoms with Crippen molar-refractivity contribution in [3.05, 3.63) is 23.8 Å². The van der Waals surface area contributed by atoms with Gasteiger partial charge in [0, 0.05) is 12.1 Å². The van der Waals surface area contributed by atoms with Crippen molar-refractivity contribution in [2.75, 3.05) is 20.8 Å². The zero-order valence-electron chi connectivity index (χ0n) is 10.7. The third kappa shape index (κ3) is 4.21. The zero-order chi connectivity index (χ0) is 13.4. The molecule has 1 rings (SSSR count). The molecule has 0 unspecified atom stereocenters. The number of hydrazone groups is 1. The van der Waals surface area contributed by atoms with Gasteiger partial charge < -0.3 is 14.8 Å². The first-order valence-electron chi connectivity index (χ1n) is 5.50. The Kier molecular flexibility index (Phi) is 5.93. The minimum atomic E-state index is 0.482. The number of nitrogens with one attached hydrogen (secondary N) is 2. The van der Waals surface area contributed by atoms with E-state index in [-0.39, 0.29) is 0 Å². The van der Waals surface area contributed by atoms with Gasteiger partial charge in [-0.1, -0.05) is 0 Å². The summed E-state index contributed by atoms with van der Waals surface area (Å²) in [4.78, 5) is 0. The van der Waals surface area contributed by atoms with Crippen molar-refractivity contribution in [2.24, 2.45) is 5.10 Å². The van der Waals surface area contributed by atoms with Crippen molar-refractivity contribution in [2.45, 2.75) is 6.92 Å². The Labute approximate surface area is 112 Å². The van der Waals surface area contributed by atoms with Crippen molar-refractivity contribution < 1.29 is 9.47 Å². The molecule has 0 saturated carbocycles. The van der Waals surface area contributed by atoms with Gasteiger partial charge in [0.2, 0.25) is 0 Å². The molecule has 2 N–H and O–H groups in total. The average molecular weight is 267 g/mol. The molecule has 0 aromatic heterocycles. The maximum Gasteiger partial charge on any atom is 0.186 e. The van der Waals surface area contributed by atoms with Gasteiger partial charge in [-0.2, -0.15) is 5.10 Å². The molecule has 0 aliphatic heterocycles. The van der Waals surface area contributed by atoms with E-state index < -0.39 is 0 Å². The molecule has 5 nitrogen and oxygen atoms in total. The van der Waals surface area contributed by atoms with Gasteiger partial charge in [0.05, 0.1) is 20.4 Å². The number of methoxy groups -OCH3 is 2. The maximum absolute atomic E-state index is 5.23. The summed E-state index contributed by atoms with van der Waals surface area (Å²) in [5, 5.41) is 7.45. The molecule has 6 heteroatoms. The summed E-state index contributed by atoms with van der Waals surface area (Å²) in [6.07, 6.45) is 1.63. The molecule has 0 atom stereocenters. The van der Waals surface area contributed by atoms with Crippen LogP contribution in [0.4, 0.5) is 0 Å². The van der Waals surface area contributed by atoms with E-state index in [1.54, 1.807) is 20.4 Å². The fourth-order valence-corrected chi connectivity index (χ4v) is 1.50. The number of ether oxygens (including phenoxy) is 2. The molecule has 1 aromatic carbocycles. The summed E-state index contributed by atoms with van der Waals surface area (Å²) in [6, 6.07) is 5.48. The molecule has 0 amide bonds. The minimum absolute atomic E-state index is 0.482. The molecule has 0 spiro atoms. The molecule has 0 aliphatic rings. The highest BCUT2D eigenvalue weighted by Gasteiger charge is 2.02. The van der Waals surface area contributed by atoms with Crippen LogP contribution in [0, 0.1) is 0 Å². The lowest BCUT2D eigenvalue weighted by Crippen LogP contribution is -2.31. The van der Waals surface area contributed by atoms with Crippen molar-refractivity contribution in [3.63, 3.8) is 0 Å². The number of benzene rings is 1. The van der Waals surface area contributed by atoms with Gasteiger partial charge >= 0.3 is 0 Å². The number of thiocarbonyl (C=S) groups is 1. The van der Waals surface area contributed by atoms with Crippen LogP contribution in [0.1, 0.15) is 12.5 Å². The third-order valence-corrected chi connectivity index (χ3v) is 2.38. The van der Waals surface area contributed by atoms with Crippen LogP contribution in [0.2, 0.25) is 0 Å². The normalized spacial score (nSPS) is 10.2. The van der Waals surface area contributed by atoms with Crippen LogP contribution in [0.25, 0.3) is 0 Å². The monoisotopic (exact) mass is 267 g/mol. The second kappa shape index (κ2) is 7.50. The largest absolute Gasteiger partial charge is 0.497 e. The molecule has 0 saturated heterocycles. The Bertz CT molecular complexity index is 435. The predicted octanol–water partition coefficient (Wildman–Crippen LogP) is 1.52. The Balaban J connectivity index is 2.75. The zero-order valence-corrected chi connectivity index (χ0v) is 11.5. The first-order valence-corrected chi connectivity index (χ1v) is 5.91. The van der Waals surface area contributed by atoms with E-state index in [0.29, 0.717) is 5.11 Å². The van der Waals surface area contributed by atoms with Crippen LogP contribution >= 0.6 is 12.2 Å². The third-order valence-electron chi connectivity index (χ3n) is 2.14. The van der Waals surface area contributed by atoms with E-state index in [0.717, 1.165) is 23.6 Å². The maximum atomic E-state index is 5.23. The standard InChI is InChI=1S/C12H17N3O2S/c1-4-13-12(18)15-14-8-9-7-10(16-2)5-6-11(9)17-3/h5-8H,4H2,1-3H3,(H2,13,15,18)/b14-8-. The van der Waals surface area contributed by atoms with Gasteiger partial charge in [-0.25, -0.2) is 0 Å². The van der Waals surface area contributed by atoms with E-state index in [2.05, 4.69) is 15.8 Å². The Morgan fingerprint density at radius 3 is 2.78 bits per heavy atom. The SMILES string of the molecule is CCNC(=S)N/N=C\c1cc(OC)ccc1OC. The first-order chi connectivity index (χ1) is 8.71. The Morgan fingerprint density at radius 1 is 1.39 bits per heavy atom. The fraction of sp³-hybridized carbons (Fsp3) is 0.333. The van der Waals surface area contributed by atoms with E-state index >= 15 is 0 Å². The molecule has 18 heavy (non-hydrogen) atoms. The molecular formula is C12H17N3O2S. The van der Waals surface area contributed by atoms with Gasteiger partial charge in [0.15, 0.2) is 5.11 Å². The van der Waals surface area contributed by atoms with E-state index in [4.69, 9.17) is 21.7 Å². The van der Waals surface area contributed by atoms with Crippen LogP contribution in [-0.2, 0) is 0 Å². The summed E-state index contributed by atoms with van der Waals surface area (Å²) in [6.45, 7) is 2.71. The molecule has 0 heterocycles. The summed E-state index contributed by atoms with van der Waals surface area (Å²) in [5.41, 5.74) is 3.52. The fourth-order valence-electron chi connectivity index (χ4n) is 1.30. The lowest BCUT2D eigenvalue weighted by atomic mass is 10.2. The molecule has 1 aromatic rings. The number of hydrogen-bond acceptors (Lipinski definition) is 4. The number of nitrogens with zero attached hydrogens (tertiary/aromatic N) is 1. The smallest absolute Gasteiger partial charge is 0.186 e. The van der Waals surface area contributed by atoms with Gasteiger partial charge in [-0.3, -0.25) is 5.43 Å². The van der Waals surface area contributed by atoms with Gasteiger partial charge in [0.25, 0.3) is 0 Å². The summed E-state index contributed by atoms with van der Waals surface area (Å²) in [5.74, 6) is 1.46. The van der Waals surface area contributed by atoms with E-state index in [1.807, 2.05) is 25.1 Å². The second-order valence-electron chi connectivity index (χ2n) is 3.34. The van der Waals surface area contributed by atoms with Crippen LogP contribution in [-0.4, -0.2) is 32.1 Å². The predicted molar refractivity (Wildman–Crippen MR) is 76.6 cm³/mol. The van der Waals surface area contributed by atoms with Crippen LogP contribution in [0.5, 0.6) is 11.5 Å². The molecule has 0 radical (unpaired) electrons. The molecule has 98 valence electrons. The van der Waals surface area contributed by atoms with Crippen molar-refractivity contribution in [3.8, 4) is 11.5 Å². The van der Waals surface area contributed by atoms with Gasteiger partial charge in [-0.05, 0) is 37.3 Å². The highest BCUT2D eigenvalue weighted by molar-refractivity contribution is 7.80. The molecule has 0 bridgehead atoms. The summed E-state index contributed by atoms with van der Waals surface area (Å²) >= 11 is 4.99. The van der Waals surface area contributed by atoms with Crippen LogP contribution in [0.3, 0.4) is 0 Å². The van der Waals surface area contributed by atoms with Crippen LogP contribution < -0.4 is 20.2 Å². The Hall–Kier alpha value is -1.82. The summed E-state index contributed by atoms with van der Waals surface area (Å²) < 4.78 is 10.4. The minimum Gasteiger partial charge on any atom is -0.497 e. The van der Waals surface area contributed by atoms with Crippen LogP contribution in [0.15, 0.2) is 23.3 Å². The van der Waals surface area contributed by atoms with Crippen molar-refractivity contribution >= 4 is 23.5 Å². The lowest BCUT2D eigenvalue weighted by molar-refractivity contribution is 0.402. The van der Waals surface area contributed by atoms with Crippen molar-refractivity contribution in [1.82, 2.24) is 10.7 Å². The molecular weight excluding hydrogens is 250 g/mol. The van der Waals surface area contributed by atoms with E-state index in [1.165, 1.54) is 0 Å². The van der Waals surface area contributed by atoms with Crippen molar-refractivity contribution in [1.29, 1.82) is 0 Å². The first kappa shape index (κ1) is 14.2. The second-order valence-corrected chi connectivity index (χ2v) is 3.75. The topological polar surface area (TPSA) is 54.9 Å². The van der Waals surface area contributed by atoms with Gasteiger partial charge in [0.1, 0.15) is 11.5 Å². The average Bonchev–Trinajstić information content (AvgIpc) is 2.39.